The first-order chi connectivity index (χ1) is 7.63. The van der Waals surface area contributed by atoms with E-state index in [1.54, 1.807) is 13.3 Å². The van der Waals surface area contributed by atoms with Gasteiger partial charge in [-0.05, 0) is 21.0 Å². The Kier molecular flexibility index (Phi) is 5.28. The van der Waals surface area contributed by atoms with Crippen molar-refractivity contribution in [3.63, 3.8) is 0 Å². The maximum absolute atomic E-state index is 5.06. The molecule has 0 fully saturated rings. The van der Waals surface area contributed by atoms with Gasteiger partial charge in [-0.15, -0.1) is 0 Å². The Morgan fingerprint density at radius 2 is 2.31 bits per heavy atom. The zero-order valence-corrected chi connectivity index (χ0v) is 10.6. The van der Waals surface area contributed by atoms with Crippen LogP contribution < -0.4 is 5.32 Å². The van der Waals surface area contributed by atoms with Crippen molar-refractivity contribution in [1.29, 1.82) is 0 Å². The van der Waals surface area contributed by atoms with Crippen molar-refractivity contribution < 1.29 is 4.74 Å². The minimum absolute atomic E-state index is 0.374. The summed E-state index contributed by atoms with van der Waals surface area (Å²) in [6.45, 7) is 4.66. The molecule has 1 rings (SSSR count). The number of nitrogens with one attached hydrogen (secondary N) is 1. The fourth-order valence-corrected chi connectivity index (χ4v) is 1.63. The molecule has 0 saturated carbocycles. The SMILES string of the molecule is COCCn1ccnc1NC(C)CN(C)C. The first kappa shape index (κ1) is 13.0. The van der Waals surface area contributed by atoms with Crippen molar-refractivity contribution in [1.82, 2.24) is 14.5 Å². The van der Waals surface area contributed by atoms with Gasteiger partial charge in [0.05, 0.1) is 6.61 Å². The van der Waals surface area contributed by atoms with E-state index in [4.69, 9.17) is 4.74 Å². The second-order valence-corrected chi connectivity index (χ2v) is 4.24. The van der Waals surface area contributed by atoms with Crippen LogP contribution in [0, 0.1) is 0 Å². The first-order valence-corrected chi connectivity index (χ1v) is 5.55. The van der Waals surface area contributed by atoms with Crippen molar-refractivity contribution in [2.75, 3.05) is 39.7 Å². The van der Waals surface area contributed by atoms with Gasteiger partial charge in [-0.2, -0.15) is 0 Å². The van der Waals surface area contributed by atoms with Crippen molar-refractivity contribution in [3.8, 4) is 0 Å². The van der Waals surface area contributed by atoms with Crippen LogP contribution in [0.15, 0.2) is 12.4 Å². The lowest BCUT2D eigenvalue weighted by Crippen LogP contribution is -2.30. The predicted molar refractivity (Wildman–Crippen MR) is 65.7 cm³/mol. The summed E-state index contributed by atoms with van der Waals surface area (Å²) in [5.41, 5.74) is 0. The molecule has 0 aliphatic rings. The molecular formula is C11H22N4O. The van der Waals surface area contributed by atoms with Gasteiger partial charge in [0, 0.05) is 38.6 Å². The van der Waals surface area contributed by atoms with Gasteiger partial charge < -0.3 is 19.5 Å². The quantitative estimate of drug-likeness (QED) is 0.750. The van der Waals surface area contributed by atoms with E-state index in [-0.39, 0.29) is 0 Å². The number of imidazole rings is 1. The normalized spacial score (nSPS) is 13.1. The molecule has 0 radical (unpaired) electrons. The Balaban J connectivity index is 2.49. The lowest BCUT2D eigenvalue weighted by Gasteiger charge is -2.19. The van der Waals surface area contributed by atoms with Gasteiger partial charge >= 0.3 is 0 Å². The molecule has 0 amide bonds. The molecule has 92 valence electrons. The number of rotatable bonds is 7. The summed E-state index contributed by atoms with van der Waals surface area (Å²) in [6, 6.07) is 0.374. The molecule has 1 atom stereocenters. The monoisotopic (exact) mass is 226 g/mol. The number of ether oxygens (including phenoxy) is 1. The van der Waals surface area contributed by atoms with Crippen LogP contribution >= 0.6 is 0 Å². The van der Waals surface area contributed by atoms with Gasteiger partial charge in [0.25, 0.3) is 0 Å². The molecule has 1 N–H and O–H groups in total. The highest BCUT2D eigenvalue weighted by molar-refractivity contribution is 5.27. The number of aromatic nitrogens is 2. The van der Waals surface area contributed by atoms with Crippen LogP contribution in [0.2, 0.25) is 0 Å². The standard InChI is InChI=1S/C11H22N4O/c1-10(9-14(2)3)13-11-12-5-6-15(11)7-8-16-4/h5-6,10H,7-9H2,1-4H3,(H,12,13). The zero-order chi connectivity index (χ0) is 12.0. The van der Waals surface area contributed by atoms with E-state index >= 15 is 0 Å². The molecule has 0 bridgehead atoms. The summed E-state index contributed by atoms with van der Waals surface area (Å²) < 4.78 is 7.12. The van der Waals surface area contributed by atoms with E-state index in [1.807, 2.05) is 6.20 Å². The molecule has 5 heteroatoms. The molecule has 5 nitrogen and oxygen atoms in total. The van der Waals surface area contributed by atoms with Crippen LogP contribution in [-0.4, -0.2) is 54.8 Å². The Hall–Kier alpha value is -1.07. The van der Waals surface area contributed by atoms with Crippen molar-refractivity contribution in [3.05, 3.63) is 12.4 Å². The Morgan fingerprint density at radius 1 is 1.56 bits per heavy atom. The molecule has 0 aliphatic heterocycles. The number of nitrogens with zero attached hydrogens (tertiary/aromatic N) is 3. The number of anilines is 1. The Morgan fingerprint density at radius 3 is 2.94 bits per heavy atom. The minimum Gasteiger partial charge on any atom is -0.383 e. The minimum atomic E-state index is 0.374. The molecule has 16 heavy (non-hydrogen) atoms. The van der Waals surface area contributed by atoms with E-state index in [1.165, 1.54) is 0 Å². The summed E-state index contributed by atoms with van der Waals surface area (Å²) in [4.78, 5) is 6.45. The molecule has 1 aromatic rings. The van der Waals surface area contributed by atoms with E-state index < -0.39 is 0 Å². The second-order valence-electron chi connectivity index (χ2n) is 4.24. The third-order valence-corrected chi connectivity index (χ3v) is 2.27. The molecule has 1 aromatic heterocycles. The van der Waals surface area contributed by atoms with E-state index in [9.17, 15) is 0 Å². The van der Waals surface area contributed by atoms with Gasteiger partial charge in [0.15, 0.2) is 0 Å². The van der Waals surface area contributed by atoms with Crippen LogP contribution in [0.4, 0.5) is 5.95 Å². The van der Waals surface area contributed by atoms with Crippen LogP contribution in [0.3, 0.4) is 0 Å². The van der Waals surface area contributed by atoms with Gasteiger partial charge in [-0.1, -0.05) is 0 Å². The van der Waals surface area contributed by atoms with Crippen LogP contribution in [0.25, 0.3) is 0 Å². The first-order valence-electron chi connectivity index (χ1n) is 5.55. The Labute approximate surface area is 97.4 Å². The molecule has 0 aromatic carbocycles. The molecule has 0 aliphatic carbocycles. The van der Waals surface area contributed by atoms with E-state index in [0.29, 0.717) is 12.6 Å². The lowest BCUT2D eigenvalue weighted by atomic mass is 10.3. The Bertz CT molecular complexity index is 298. The average Bonchev–Trinajstić information content (AvgIpc) is 2.61. The van der Waals surface area contributed by atoms with E-state index in [2.05, 4.69) is 40.8 Å². The zero-order valence-electron chi connectivity index (χ0n) is 10.6. The van der Waals surface area contributed by atoms with Crippen molar-refractivity contribution >= 4 is 5.95 Å². The highest BCUT2D eigenvalue weighted by Crippen LogP contribution is 2.06. The largest absolute Gasteiger partial charge is 0.383 e. The predicted octanol–water partition coefficient (Wildman–Crippen LogP) is 0.891. The molecule has 0 saturated heterocycles. The third-order valence-electron chi connectivity index (χ3n) is 2.27. The summed E-state index contributed by atoms with van der Waals surface area (Å²) in [6.07, 6.45) is 3.77. The van der Waals surface area contributed by atoms with Gasteiger partial charge in [0.1, 0.15) is 0 Å². The van der Waals surface area contributed by atoms with Crippen molar-refractivity contribution in [2.45, 2.75) is 19.5 Å². The van der Waals surface area contributed by atoms with Gasteiger partial charge in [-0.3, -0.25) is 0 Å². The molecular weight excluding hydrogens is 204 g/mol. The summed E-state index contributed by atoms with van der Waals surface area (Å²) in [5.74, 6) is 0.909. The number of hydrogen-bond acceptors (Lipinski definition) is 4. The van der Waals surface area contributed by atoms with Crippen LogP contribution in [0.5, 0.6) is 0 Å². The topological polar surface area (TPSA) is 42.3 Å². The smallest absolute Gasteiger partial charge is 0.203 e. The molecule has 1 unspecified atom stereocenters. The highest BCUT2D eigenvalue weighted by atomic mass is 16.5. The second kappa shape index (κ2) is 6.50. The fourth-order valence-electron chi connectivity index (χ4n) is 1.63. The average molecular weight is 226 g/mol. The molecule has 1 heterocycles. The maximum Gasteiger partial charge on any atom is 0.203 e. The third kappa shape index (κ3) is 4.20. The van der Waals surface area contributed by atoms with Gasteiger partial charge in [-0.25, -0.2) is 4.98 Å². The number of methoxy groups -OCH3 is 1. The van der Waals surface area contributed by atoms with Gasteiger partial charge in [0.2, 0.25) is 5.95 Å². The van der Waals surface area contributed by atoms with E-state index in [0.717, 1.165) is 19.0 Å². The molecule has 0 spiro atoms. The number of likely N-dealkylation sites (N-methyl/N-ethyl adjacent to an activating group) is 1. The van der Waals surface area contributed by atoms with Crippen LogP contribution in [-0.2, 0) is 11.3 Å². The maximum atomic E-state index is 5.06. The summed E-state index contributed by atoms with van der Waals surface area (Å²) in [7, 11) is 5.84. The highest BCUT2D eigenvalue weighted by Gasteiger charge is 2.07. The summed E-state index contributed by atoms with van der Waals surface area (Å²) in [5, 5.41) is 3.39. The number of hydrogen-bond donors (Lipinski definition) is 1. The lowest BCUT2D eigenvalue weighted by molar-refractivity contribution is 0.187. The van der Waals surface area contributed by atoms with Crippen molar-refractivity contribution in [2.24, 2.45) is 0 Å². The fraction of sp³-hybridized carbons (Fsp3) is 0.727. The van der Waals surface area contributed by atoms with Crippen LogP contribution in [0.1, 0.15) is 6.92 Å². The summed E-state index contributed by atoms with van der Waals surface area (Å²) >= 11 is 0.